The van der Waals surface area contributed by atoms with E-state index in [9.17, 15) is 14.4 Å². The van der Waals surface area contributed by atoms with Crippen LogP contribution < -0.4 is 9.47 Å². The lowest BCUT2D eigenvalue weighted by Crippen LogP contribution is -2.45. The molecule has 1 amide bonds. The van der Waals surface area contributed by atoms with Crippen molar-refractivity contribution >= 4 is 34.8 Å². The van der Waals surface area contributed by atoms with Crippen molar-refractivity contribution in [1.82, 2.24) is 4.90 Å². The molecule has 0 spiro atoms. The van der Waals surface area contributed by atoms with Crippen LogP contribution in [0.2, 0.25) is 0 Å². The minimum Gasteiger partial charge on any atom is -0.493 e. The highest BCUT2D eigenvalue weighted by atomic mass is 32.2. The van der Waals surface area contributed by atoms with E-state index in [1.807, 2.05) is 13.8 Å². The van der Waals surface area contributed by atoms with Crippen LogP contribution >= 0.6 is 11.8 Å². The molecule has 1 aromatic rings. The van der Waals surface area contributed by atoms with Crippen molar-refractivity contribution in [2.75, 3.05) is 19.5 Å². The van der Waals surface area contributed by atoms with Crippen LogP contribution in [0.5, 0.6) is 11.5 Å². The van der Waals surface area contributed by atoms with Gasteiger partial charge in [-0.3, -0.25) is 14.5 Å². The van der Waals surface area contributed by atoms with Crippen LogP contribution in [-0.2, 0) is 19.1 Å². The van der Waals surface area contributed by atoms with E-state index in [1.165, 1.54) is 25.8 Å². The molecule has 0 bridgehead atoms. The predicted molar refractivity (Wildman–Crippen MR) is 117 cm³/mol. The molecule has 0 radical (unpaired) electrons. The summed E-state index contributed by atoms with van der Waals surface area (Å²) >= 11 is 1.47. The lowest BCUT2D eigenvalue weighted by molar-refractivity contribution is -0.141. The van der Waals surface area contributed by atoms with Crippen LogP contribution in [0.3, 0.4) is 0 Å². The van der Waals surface area contributed by atoms with E-state index in [0.29, 0.717) is 39.9 Å². The fraction of sp³-hybridized carbons (Fsp3) is 0.455. The number of nitrogens with zero attached hydrogens (tertiary/aromatic N) is 2. The standard InChI is InChI=1S/C22H26N2O6S/c1-12(2)11-29-21(27)19-13(3)23-22-24(18(26)8-9-31-22)20(19)15-6-7-16(30-14(4)25)17(10-15)28-5/h6-7,10,12,20H,8-9,11H2,1-5H3. The van der Waals surface area contributed by atoms with Gasteiger partial charge in [0.05, 0.1) is 31.0 Å². The highest BCUT2D eigenvalue weighted by Gasteiger charge is 2.42. The largest absolute Gasteiger partial charge is 0.493 e. The second-order valence-electron chi connectivity index (χ2n) is 7.65. The molecule has 0 saturated carbocycles. The van der Waals surface area contributed by atoms with Gasteiger partial charge >= 0.3 is 11.9 Å². The van der Waals surface area contributed by atoms with Gasteiger partial charge in [-0.25, -0.2) is 9.79 Å². The van der Waals surface area contributed by atoms with Gasteiger partial charge in [-0.2, -0.15) is 0 Å². The first-order valence-corrected chi connectivity index (χ1v) is 11.0. The number of carbonyl (C=O) groups is 3. The van der Waals surface area contributed by atoms with Crippen LogP contribution in [-0.4, -0.2) is 47.4 Å². The number of hydrogen-bond acceptors (Lipinski definition) is 8. The molecule has 166 valence electrons. The third-order valence-electron chi connectivity index (χ3n) is 4.73. The number of ether oxygens (including phenoxy) is 3. The maximum atomic E-state index is 13.1. The fourth-order valence-electron chi connectivity index (χ4n) is 3.39. The summed E-state index contributed by atoms with van der Waals surface area (Å²) in [6.45, 7) is 7.21. The molecule has 0 aromatic heterocycles. The lowest BCUT2D eigenvalue weighted by Gasteiger charge is -2.39. The normalized spacial score (nSPS) is 18.5. The first-order valence-electron chi connectivity index (χ1n) is 10.0. The Bertz CT molecular complexity index is 969. The topological polar surface area (TPSA) is 94.5 Å². The molecule has 2 aliphatic rings. The van der Waals surface area contributed by atoms with Gasteiger partial charge < -0.3 is 14.2 Å². The van der Waals surface area contributed by atoms with Crippen molar-refractivity contribution in [3.63, 3.8) is 0 Å². The van der Waals surface area contributed by atoms with Crippen LogP contribution in [0.1, 0.15) is 45.7 Å². The quantitative estimate of drug-likeness (QED) is 0.488. The van der Waals surface area contributed by atoms with Gasteiger partial charge in [0.2, 0.25) is 5.91 Å². The molecular weight excluding hydrogens is 420 g/mol. The van der Waals surface area contributed by atoms with Gasteiger partial charge in [-0.15, -0.1) is 0 Å². The van der Waals surface area contributed by atoms with Crippen molar-refractivity contribution in [2.24, 2.45) is 10.9 Å². The number of fused-ring (bicyclic) bond motifs is 1. The number of rotatable bonds is 6. The predicted octanol–water partition coefficient (Wildman–Crippen LogP) is 3.47. The molecule has 2 heterocycles. The molecule has 3 rings (SSSR count). The van der Waals surface area contributed by atoms with Gasteiger partial charge in [0.1, 0.15) is 0 Å². The molecular formula is C22H26N2O6S. The average molecular weight is 447 g/mol. The number of hydrogen-bond donors (Lipinski definition) is 0. The lowest BCUT2D eigenvalue weighted by atomic mass is 9.93. The third-order valence-corrected chi connectivity index (χ3v) is 5.69. The minimum absolute atomic E-state index is 0.118. The Morgan fingerprint density at radius 1 is 1.29 bits per heavy atom. The molecule has 0 aliphatic carbocycles. The highest BCUT2D eigenvalue weighted by Crippen LogP contribution is 2.42. The molecule has 1 fully saturated rings. The van der Waals surface area contributed by atoms with Gasteiger partial charge in [0.25, 0.3) is 0 Å². The molecule has 1 saturated heterocycles. The number of amides is 1. The average Bonchev–Trinajstić information content (AvgIpc) is 2.71. The number of aliphatic imine (C=N–C) groups is 1. The summed E-state index contributed by atoms with van der Waals surface area (Å²) in [5, 5.41) is 0.558. The Kier molecular flexibility index (Phi) is 7.04. The first kappa shape index (κ1) is 22.9. The van der Waals surface area contributed by atoms with Crippen LogP contribution in [0, 0.1) is 5.92 Å². The molecule has 31 heavy (non-hydrogen) atoms. The van der Waals surface area contributed by atoms with E-state index in [2.05, 4.69) is 4.99 Å². The zero-order chi connectivity index (χ0) is 22.7. The van der Waals surface area contributed by atoms with Crippen molar-refractivity contribution in [1.29, 1.82) is 0 Å². The zero-order valence-corrected chi connectivity index (χ0v) is 19.1. The molecule has 8 nitrogen and oxygen atoms in total. The maximum Gasteiger partial charge on any atom is 0.338 e. The number of amidine groups is 1. The second kappa shape index (κ2) is 9.55. The first-order chi connectivity index (χ1) is 14.7. The number of methoxy groups -OCH3 is 1. The maximum absolute atomic E-state index is 13.1. The number of esters is 2. The molecule has 1 aromatic carbocycles. The molecule has 2 aliphatic heterocycles. The van der Waals surface area contributed by atoms with Gasteiger partial charge in [-0.05, 0) is 30.5 Å². The van der Waals surface area contributed by atoms with E-state index in [4.69, 9.17) is 14.2 Å². The van der Waals surface area contributed by atoms with Crippen LogP contribution in [0.15, 0.2) is 34.5 Å². The Labute approximate surface area is 185 Å². The van der Waals surface area contributed by atoms with E-state index < -0.39 is 18.0 Å². The van der Waals surface area contributed by atoms with E-state index in [1.54, 1.807) is 30.0 Å². The minimum atomic E-state index is -0.715. The van der Waals surface area contributed by atoms with E-state index in [-0.39, 0.29) is 24.2 Å². The smallest absolute Gasteiger partial charge is 0.338 e. The SMILES string of the molecule is COc1cc(C2C(C(=O)OCC(C)C)=C(C)N=C3SCCC(=O)N32)ccc1OC(C)=O. The van der Waals surface area contributed by atoms with Crippen molar-refractivity contribution in [3.05, 3.63) is 35.0 Å². The summed E-state index contributed by atoms with van der Waals surface area (Å²) < 4.78 is 16.1. The summed E-state index contributed by atoms with van der Waals surface area (Å²) in [7, 11) is 1.46. The second-order valence-corrected chi connectivity index (χ2v) is 8.72. The fourth-order valence-corrected chi connectivity index (χ4v) is 4.39. The monoisotopic (exact) mass is 446 g/mol. The summed E-state index contributed by atoms with van der Waals surface area (Å²) in [5.74, 6) is 0.276. The van der Waals surface area contributed by atoms with Gasteiger partial charge in [0, 0.05) is 19.1 Å². The van der Waals surface area contributed by atoms with Crippen molar-refractivity contribution in [3.8, 4) is 11.5 Å². The Hall–Kier alpha value is -2.81. The summed E-state index contributed by atoms with van der Waals surface area (Å²) in [6, 6.07) is 4.26. The number of thioether (sulfide) groups is 1. The van der Waals surface area contributed by atoms with Gasteiger partial charge in [-0.1, -0.05) is 31.7 Å². The summed E-state index contributed by atoms with van der Waals surface area (Å²) in [6.07, 6.45) is 0.343. The van der Waals surface area contributed by atoms with Crippen LogP contribution in [0.4, 0.5) is 0 Å². The molecule has 1 atom stereocenters. The van der Waals surface area contributed by atoms with Gasteiger partial charge in [0.15, 0.2) is 16.7 Å². The highest BCUT2D eigenvalue weighted by molar-refractivity contribution is 8.14. The Morgan fingerprint density at radius 2 is 2.03 bits per heavy atom. The third kappa shape index (κ3) is 4.92. The zero-order valence-electron chi connectivity index (χ0n) is 18.3. The number of benzene rings is 1. The summed E-state index contributed by atoms with van der Waals surface area (Å²) in [5.41, 5.74) is 1.45. The van der Waals surface area contributed by atoms with Crippen molar-refractivity contribution in [2.45, 2.75) is 40.2 Å². The molecule has 9 heteroatoms. The van der Waals surface area contributed by atoms with Crippen molar-refractivity contribution < 1.29 is 28.6 Å². The number of carbonyl (C=O) groups excluding carboxylic acids is 3. The molecule has 0 N–H and O–H groups in total. The van der Waals surface area contributed by atoms with E-state index >= 15 is 0 Å². The Balaban J connectivity index is 2.10. The van der Waals surface area contributed by atoms with Crippen LogP contribution in [0.25, 0.3) is 0 Å². The van der Waals surface area contributed by atoms with E-state index in [0.717, 1.165) is 0 Å². The summed E-state index contributed by atoms with van der Waals surface area (Å²) in [4.78, 5) is 43.4. The molecule has 1 unspecified atom stereocenters. The Morgan fingerprint density at radius 3 is 2.68 bits per heavy atom. The number of allylic oxidation sites excluding steroid dienone is 1.